The van der Waals surface area contributed by atoms with Crippen LogP contribution >= 0.6 is 0 Å². The number of carbonyl (C=O) groups is 1. The number of benzene rings is 3. The lowest BCUT2D eigenvalue weighted by Crippen LogP contribution is -2.43. The van der Waals surface area contributed by atoms with E-state index in [0.717, 1.165) is 54.2 Å². The second-order valence-electron chi connectivity index (χ2n) is 10.2. The number of piperidine rings is 1. The van der Waals surface area contributed by atoms with E-state index in [1.165, 1.54) is 11.8 Å². The van der Waals surface area contributed by atoms with Crippen LogP contribution in [0.1, 0.15) is 34.3 Å². The second kappa shape index (κ2) is 8.39. The summed E-state index contributed by atoms with van der Waals surface area (Å²) in [6, 6.07) is 16.3. The molecule has 0 radical (unpaired) electrons. The first-order valence-electron chi connectivity index (χ1n) is 12.2. The lowest BCUT2D eigenvalue weighted by atomic mass is 9.73. The highest BCUT2D eigenvalue weighted by molar-refractivity contribution is 7.90. The molecule has 3 aromatic rings. The third-order valence-corrected chi connectivity index (χ3v) is 8.99. The molecule has 6 nitrogen and oxygen atoms in total. The van der Waals surface area contributed by atoms with Crippen LogP contribution < -0.4 is 15.3 Å². The minimum Gasteiger partial charge on any atom is -0.488 e. The minimum atomic E-state index is -3.24. The highest BCUT2D eigenvalue weighted by atomic mass is 32.2. The van der Waals surface area contributed by atoms with Crippen LogP contribution in [0.5, 0.6) is 5.75 Å². The van der Waals surface area contributed by atoms with Gasteiger partial charge in [-0.2, -0.15) is 0 Å². The molecule has 0 amide bonds. The van der Waals surface area contributed by atoms with Gasteiger partial charge in [-0.1, -0.05) is 36.4 Å². The fourth-order valence-electron chi connectivity index (χ4n) is 5.63. The molecule has 3 heterocycles. The summed E-state index contributed by atoms with van der Waals surface area (Å²) in [6.07, 6.45) is 5.33. The van der Waals surface area contributed by atoms with Crippen LogP contribution in [0.15, 0.2) is 64.5 Å². The first-order chi connectivity index (χ1) is 17.2. The molecular formula is C29H28N2O4S. The molecule has 1 fully saturated rings. The van der Waals surface area contributed by atoms with Crippen molar-refractivity contribution in [2.75, 3.05) is 39.5 Å². The molecule has 0 atom stereocenters. The van der Waals surface area contributed by atoms with E-state index in [9.17, 15) is 13.2 Å². The molecule has 1 saturated heterocycles. The standard InChI is InChI=1S/C29H28N2O4S/c1-31-14-12-29(13-15-31)18-30-26-23-11-16-35-28(23)24(17-25(26)29)27(32)21-5-3-19(4-6-21)20-7-9-22(10-8-20)36(2,33)34/h3-11,17H,12-16,18H2,1-2H3. The van der Waals surface area contributed by atoms with Crippen LogP contribution in [0, 0.1) is 0 Å². The van der Waals surface area contributed by atoms with Crippen molar-refractivity contribution < 1.29 is 17.9 Å². The minimum absolute atomic E-state index is 0.00429. The van der Waals surface area contributed by atoms with E-state index in [1.807, 2.05) is 30.3 Å². The number of sulfone groups is 1. The maximum atomic E-state index is 13.7. The normalized spacial score (nSPS) is 18.2. The Labute approximate surface area is 210 Å². The molecule has 0 bridgehead atoms. The van der Waals surface area contributed by atoms with Crippen molar-refractivity contribution in [1.29, 1.82) is 0 Å². The first-order valence-corrected chi connectivity index (χ1v) is 14.1. The van der Waals surface area contributed by atoms with E-state index in [4.69, 9.17) is 9.73 Å². The zero-order chi connectivity index (χ0) is 25.1. The van der Waals surface area contributed by atoms with Gasteiger partial charge in [-0.05, 0) is 73.9 Å². The summed E-state index contributed by atoms with van der Waals surface area (Å²) < 4.78 is 29.4. The van der Waals surface area contributed by atoms with Crippen molar-refractivity contribution >= 4 is 21.7 Å². The fourth-order valence-corrected chi connectivity index (χ4v) is 6.26. The van der Waals surface area contributed by atoms with Gasteiger partial charge in [0.1, 0.15) is 12.4 Å². The Kier molecular flexibility index (Phi) is 5.39. The van der Waals surface area contributed by atoms with Crippen LogP contribution in [0.25, 0.3) is 17.2 Å². The monoisotopic (exact) mass is 500 g/mol. The Bertz CT molecular complexity index is 1600. The Balaban J connectivity index is 1.35. The number of fused-ring (bicyclic) bond motifs is 4. The van der Waals surface area contributed by atoms with Gasteiger partial charge in [0.05, 0.1) is 15.8 Å². The molecule has 36 heavy (non-hydrogen) atoms. The van der Waals surface area contributed by atoms with Crippen LogP contribution in [0.4, 0.5) is 0 Å². The molecule has 3 aliphatic rings. The quantitative estimate of drug-likeness (QED) is 0.515. The zero-order valence-electron chi connectivity index (χ0n) is 20.5. The van der Waals surface area contributed by atoms with Crippen molar-refractivity contribution in [2.45, 2.75) is 23.2 Å². The zero-order valence-corrected chi connectivity index (χ0v) is 21.3. The van der Waals surface area contributed by atoms with Gasteiger partial charge in [-0.25, -0.2) is 8.42 Å². The lowest BCUT2D eigenvalue weighted by Gasteiger charge is -2.38. The number of rotatable bonds is 4. The van der Waals surface area contributed by atoms with E-state index in [2.05, 4.69) is 18.0 Å². The third kappa shape index (κ3) is 3.78. The number of likely N-dealkylation sites (tertiary alicyclic amines) is 1. The van der Waals surface area contributed by atoms with Crippen LogP contribution in [-0.2, 0) is 15.3 Å². The highest BCUT2D eigenvalue weighted by Gasteiger charge is 2.41. The summed E-state index contributed by atoms with van der Waals surface area (Å²) in [5.74, 6) is 0.589. The maximum Gasteiger partial charge on any atom is 0.196 e. The number of hydrogen-bond acceptors (Lipinski definition) is 6. The summed E-state index contributed by atoms with van der Waals surface area (Å²) in [5, 5.41) is 1.98. The highest BCUT2D eigenvalue weighted by Crippen LogP contribution is 2.38. The molecule has 0 unspecified atom stereocenters. The smallest absolute Gasteiger partial charge is 0.196 e. The van der Waals surface area contributed by atoms with Gasteiger partial charge in [0.25, 0.3) is 0 Å². The fraction of sp³-hybridized carbons (Fsp3) is 0.310. The predicted molar refractivity (Wildman–Crippen MR) is 139 cm³/mol. The molecule has 0 aliphatic carbocycles. The third-order valence-electron chi connectivity index (χ3n) is 7.87. The van der Waals surface area contributed by atoms with Crippen molar-refractivity contribution in [3.63, 3.8) is 0 Å². The molecule has 3 aliphatic heterocycles. The van der Waals surface area contributed by atoms with E-state index in [1.54, 1.807) is 24.3 Å². The molecule has 1 spiro atoms. The summed E-state index contributed by atoms with van der Waals surface area (Å²) in [6.45, 7) is 3.30. The Morgan fingerprint density at radius 3 is 2.28 bits per heavy atom. The predicted octanol–water partition coefficient (Wildman–Crippen LogP) is 2.76. The van der Waals surface area contributed by atoms with Crippen LogP contribution in [-0.4, -0.2) is 58.6 Å². The SMILES string of the molecule is CN1CCC2(CC1)CN=c1c2cc(C(=O)c2ccc(-c3ccc(S(C)(=O)=O)cc3)cc2)c2c1=CCO2. The van der Waals surface area contributed by atoms with Gasteiger partial charge < -0.3 is 9.64 Å². The Hall–Kier alpha value is -3.29. The lowest BCUT2D eigenvalue weighted by molar-refractivity contribution is 0.103. The van der Waals surface area contributed by atoms with Crippen molar-refractivity contribution in [2.24, 2.45) is 4.99 Å². The number of hydrogen-bond donors (Lipinski definition) is 0. The van der Waals surface area contributed by atoms with E-state index >= 15 is 0 Å². The summed E-state index contributed by atoms with van der Waals surface area (Å²) in [7, 11) is -1.09. The van der Waals surface area contributed by atoms with Crippen molar-refractivity contribution in [1.82, 2.24) is 4.90 Å². The van der Waals surface area contributed by atoms with Crippen LogP contribution in [0.3, 0.4) is 0 Å². The van der Waals surface area contributed by atoms with E-state index in [-0.39, 0.29) is 16.1 Å². The van der Waals surface area contributed by atoms with Gasteiger partial charge in [-0.15, -0.1) is 0 Å². The molecule has 184 valence electrons. The molecule has 0 saturated carbocycles. The Morgan fingerprint density at radius 1 is 1.00 bits per heavy atom. The Morgan fingerprint density at radius 2 is 1.64 bits per heavy atom. The van der Waals surface area contributed by atoms with Gasteiger partial charge >= 0.3 is 0 Å². The average molecular weight is 501 g/mol. The number of nitrogens with zero attached hydrogens (tertiary/aromatic N) is 2. The number of carbonyl (C=O) groups excluding carboxylic acids is 1. The average Bonchev–Trinajstić information content (AvgIpc) is 3.50. The molecule has 0 aromatic heterocycles. The van der Waals surface area contributed by atoms with Crippen molar-refractivity contribution in [3.05, 3.63) is 81.9 Å². The van der Waals surface area contributed by atoms with Crippen LogP contribution in [0.2, 0.25) is 0 Å². The van der Waals surface area contributed by atoms with Crippen molar-refractivity contribution in [3.8, 4) is 16.9 Å². The topological polar surface area (TPSA) is 76.0 Å². The van der Waals surface area contributed by atoms with Gasteiger partial charge in [0, 0.05) is 29.0 Å². The summed E-state index contributed by atoms with van der Waals surface area (Å²) in [4.78, 5) is 21.3. The summed E-state index contributed by atoms with van der Waals surface area (Å²) in [5.41, 5.74) is 4.21. The van der Waals surface area contributed by atoms with E-state index < -0.39 is 9.84 Å². The van der Waals surface area contributed by atoms with E-state index in [0.29, 0.717) is 23.5 Å². The van der Waals surface area contributed by atoms with Gasteiger partial charge in [-0.3, -0.25) is 9.79 Å². The second-order valence-corrected chi connectivity index (χ2v) is 12.2. The molecule has 6 rings (SSSR count). The maximum absolute atomic E-state index is 13.7. The largest absolute Gasteiger partial charge is 0.488 e. The molecule has 3 aromatic carbocycles. The first kappa shape index (κ1) is 23.1. The molecular weight excluding hydrogens is 472 g/mol. The van der Waals surface area contributed by atoms with Gasteiger partial charge in [0.2, 0.25) is 0 Å². The molecule has 7 heteroatoms. The number of ketones is 1. The van der Waals surface area contributed by atoms with Gasteiger partial charge in [0.15, 0.2) is 15.6 Å². The summed E-state index contributed by atoms with van der Waals surface area (Å²) >= 11 is 0. The number of ether oxygens (including phenoxy) is 1. The molecule has 0 N–H and O–H groups in total.